The molecule has 0 spiro atoms. The summed E-state index contributed by atoms with van der Waals surface area (Å²) in [6.45, 7) is 8.65. The van der Waals surface area contributed by atoms with Crippen molar-refractivity contribution in [1.29, 1.82) is 0 Å². The fourth-order valence-corrected chi connectivity index (χ4v) is 5.36. The number of carboxylic acid groups (broad SMARTS) is 1. The lowest BCUT2D eigenvalue weighted by atomic mass is 10.2. The molecule has 0 amide bonds. The van der Waals surface area contributed by atoms with Gasteiger partial charge in [0.25, 0.3) is 0 Å². The summed E-state index contributed by atoms with van der Waals surface area (Å²) in [5.41, 5.74) is 3.15. The lowest BCUT2D eigenvalue weighted by Gasteiger charge is -2.16. The van der Waals surface area contributed by atoms with Crippen LogP contribution in [0.4, 0.5) is 0 Å². The number of carbonyl (C=O) groups excluding carboxylic acids is 2. The van der Waals surface area contributed by atoms with E-state index in [1.807, 2.05) is 17.4 Å². The Kier molecular flexibility index (Phi) is 26.0. The number of aromatic nitrogens is 5. The summed E-state index contributed by atoms with van der Waals surface area (Å²) in [7, 11) is 0. The maximum absolute atomic E-state index is 11.6. The number of aliphatic carboxylic acids is 1. The molecule has 0 aliphatic carbocycles. The van der Waals surface area contributed by atoms with Gasteiger partial charge in [-0.15, -0.1) is 5.10 Å². The molecule has 2 N–H and O–H groups in total. The molecule has 0 unspecified atom stereocenters. The monoisotopic (exact) mass is 825 g/mol. The third-order valence-electron chi connectivity index (χ3n) is 7.73. The number of fused-ring (bicyclic) bond motifs is 1. The first-order valence-corrected chi connectivity index (χ1v) is 19.9. The molecule has 0 aromatic carbocycles. The predicted molar refractivity (Wildman–Crippen MR) is 204 cm³/mol. The summed E-state index contributed by atoms with van der Waals surface area (Å²) in [6, 6.07) is 0. The predicted octanol–water partition coefficient (Wildman–Crippen LogP) is -0.0500. The molecule has 1 aliphatic heterocycles. The van der Waals surface area contributed by atoms with Crippen LogP contribution in [0.25, 0.3) is 5.70 Å². The van der Waals surface area contributed by atoms with Gasteiger partial charge in [-0.05, 0) is 19.1 Å². The normalized spacial score (nSPS) is 12.2. The Morgan fingerprint density at radius 1 is 0.789 bits per heavy atom. The summed E-state index contributed by atoms with van der Waals surface area (Å²) in [4.78, 5) is 43.6. The zero-order chi connectivity index (χ0) is 40.6. The van der Waals surface area contributed by atoms with Crippen molar-refractivity contribution in [3.05, 3.63) is 35.0 Å². The standard InChI is InChI=1S/C36H55N7O13S/c1-57-36-38-23-32-33(39-36)25-42(34(32)27-45)5-2-3-30-24-43(41-40-30)6-8-49-10-12-51-14-16-53-18-20-55-22-21-54-19-17-52-15-13-50-11-9-48-7-4-37-31(26-44)28-56-29-35(46)47/h23-24,37H,2-22,25,28-29H2,1H3,(H,46,47). The maximum Gasteiger partial charge on any atom is 0.329 e. The molecule has 3 rings (SSSR count). The van der Waals surface area contributed by atoms with Gasteiger partial charge in [0.15, 0.2) is 11.1 Å². The molecule has 20 nitrogen and oxygen atoms in total. The second kappa shape index (κ2) is 31.2. The number of hydrogen-bond donors (Lipinski definition) is 2. The van der Waals surface area contributed by atoms with Crippen molar-refractivity contribution in [3.8, 4) is 0 Å². The van der Waals surface area contributed by atoms with Gasteiger partial charge in [-0.3, -0.25) is 0 Å². The van der Waals surface area contributed by atoms with Crippen LogP contribution < -0.4 is 5.32 Å². The molecular formula is C36H55N7O13S. The van der Waals surface area contributed by atoms with E-state index in [0.29, 0.717) is 143 Å². The van der Waals surface area contributed by atoms with Gasteiger partial charge in [0, 0.05) is 25.5 Å². The average molecular weight is 826 g/mol. The number of rotatable bonds is 37. The van der Waals surface area contributed by atoms with Crippen LogP contribution in [0.3, 0.4) is 0 Å². The van der Waals surface area contributed by atoms with Gasteiger partial charge in [-0.2, -0.15) is 0 Å². The molecule has 1 aliphatic rings. The number of nitrogens with one attached hydrogen (secondary N) is 1. The van der Waals surface area contributed by atoms with E-state index in [-0.39, 0.29) is 12.3 Å². The number of thioether (sulfide) groups is 1. The number of aryl methyl sites for hydroxylation is 1. The third-order valence-corrected chi connectivity index (χ3v) is 8.29. The highest BCUT2D eigenvalue weighted by atomic mass is 32.2. The Balaban J connectivity index is 0.993. The van der Waals surface area contributed by atoms with E-state index in [0.717, 1.165) is 29.8 Å². The molecular weight excluding hydrogens is 770 g/mol. The van der Waals surface area contributed by atoms with Crippen LogP contribution in [0.2, 0.25) is 0 Å². The Hall–Kier alpha value is -3.82. The number of ether oxygens (including phenoxy) is 9. The fourth-order valence-electron chi connectivity index (χ4n) is 5.00. The summed E-state index contributed by atoms with van der Waals surface area (Å²) in [5.74, 6) is 2.61. The van der Waals surface area contributed by atoms with Crippen molar-refractivity contribution >= 4 is 35.3 Å². The minimum Gasteiger partial charge on any atom is -0.480 e. The van der Waals surface area contributed by atoms with Crippen molar-refractivity contribution in [2.75, 3.05) is 138 Å². The van der Waals surface area contributed by atoms with Crippen molar-refractivity contribution in [2.45, 2.75) is 31.1 Å². The highest BCUT2D eigenvalue weighted by Crippen LogP contribution is 2.30. The molecule has 3 heterocycles. The zero-order valence-corrected chi connectivity index (χ0v) is 33.4. The summed E-state index contributed by atoms with van der Waals surface area (Å²) >= 11 is 1.48. The van der Waals surface area contributed by atoms with Crippen LogP contribution in [0.1, 0.15) is 23.4 Å². The summed E-state index contributed by atoms with van der Waals surface area (Å²) in [6.07, 6.45) is 7.09. The van der Waals surface area contributed by atoms with E-state index < -0.39 is 12.6 Å². The van der Waals surface area contributed by atoms with E-state index in [2.05, 4.69) is 31.5 Å². The van der Waals surface area contributed by atoms with E-state index in [4.69, 9.17) is 47.7 Å². The molecule has 57 heavy (non-hydrogen) atoms. The molecule has 0 radical (unpaired) electrons. The number of nitrogens with zero attached hydrogens (tertiary/aromatic N) is 6. The fraction of sp³-hybridized carbons (Fsp3) is 0.694. The van der Waals surface area contributed by atoms with Gasteiger partial charge < -0.3 is 58.0 Å². The molecule has 0 saturated carbocycles. The molecule has 318 valence electrons. The van der Waals surface area contributed by atoms with E-state index in [9.17, 15) is 14.4 Å². The molecule has 21 heteroatoms. The minimum atomic E-state index is -1.11. The Morgan fingerprint density at radius 2 is 1.35 bits per heavy atom. The van der Waals surface area contributed by atoms with Gasteiger partial charge in [-0.1, -0.05) is 17.0 Å². The topological polar surface area (TPSA) is 226 Å². The van der Waals surface area contributed by atoms with Crippen LogP contribution in [-0.4, -0.2) is 191 Å². The minimum absolute atomic E-state index is 0.131. The number of carboxylic acids is 1. The molecule has 0 saturated heterocycles. The van der Waals surface area contributed by atoms with E-state index in [1.54, 1.807) is 16.8 Å². The molecule has 0 fully saturated rings. The van der Waals surface area contributed by atoms with Crippen LogP contribution in [0.5, 0.6) is 0 Å². The SMILES string of the molecule is CSc1ncc2c(n1)CN(CCCc1cn(CCOCCOCCOCCOCCOCCOCCOCCOCCNC(=C=O)COCC(=O)O)nn1)C2=C=O. The van der Waals surface area contributed by atoms with Crippen LogP contribution >= 0.6 is 11.8 Å². The smallest absolute Gasteiger partial charge is 0.329 e. The van der Waals surface area contributed by atoms with Crippen molar-refractivity contribution < 1.29 is 62.1 Å². The quantitative estimate of drug-likeness (QED) is 0.0394. The zero-order valence-electron chi connectivity index (χ0n) is 32.6. The van der Waals surface area contributed by atoms with Crippen molar-refractivity contribution in [2.24, 2.45) is 0 Å². The summed E-state index contributed by atoms with van der Waals surface area (Å²) < 4.78 is 50.5. The lowest BCUT2D eigenvalue weighted by Crippen LogP contribution is -2.24. The highest BCUT2D eigenvalue weighted by molar-refractivity contribution is 7.98. The lowest BCUT2D eigenvalue weighted by molar-refractivity contribution is -0.141. The highest BCUT2D eigenvalue weighted by Gasteiger charge is 2.27. The van der Waals surface area contributed by atoms with Gasteiger partial charge in [0.05, 0.1) is 142 Å². The largest absolute Gasteiger partial charge is 0.480 e. The first-order chi connectivity index (χ1) is 28.0. The molecule has 2 aromatic rings. The van der Waals surface area contributed by atoms with Gasteiger partial charge in [0.1, 0.15) is 23.9 Å². The summed E-state index contributed by atoms with van der Waals surface area (Å²) in [5, 5.41) is 20.4. The van der Waals surface area contributed by atoms with Gasteiger partial charge >= 0.3 is 5.97 Å². The van der Waals surface area contributed by atoms with E-state index in [1.165, 1.54) is 11.8 Å². The molecule has 0 bridgehead atoms. The van der Waals surface area contributed by atoms with Crippen LogP contribution in [0.15, 0.2) is 23.2 Å². The first kappa shape index (κ1) is 47.6. The molecule has 0 atom stereocenters. The number of carbonyl (C=O) groups is 1. The molecule has 2 aromatic heterocycles. The first-order valence-electron chi connectivity index (χ1n) is 18.7. The van der Waals surface area contributed by atoms with Gasteiger partial charge in [-0.25, -0.2) is 29.0 Å². The second-order valence-electron chi connectivity index (χ2n) is 12.0. The number of hydrogen-bond acceptors (Lipinski definition) is 19. The average Bonchev–Trinajstić information content (AvgIpc) is 3.82. The Bertz CT molecular complexity index is 1510. The second-order valence-corrected chi connectivity index (χ2v) is 12.7. The Morgan fingerprint density at radius 3 is 1.88 bits per heavy atom. The van der Waals surface area contributed by atoms with Crippen LogP contribution in [-0.2, 0) is 76.5 Å². The van der Waals surface area contributed by atoms with Crippen molar-refractivity contribution in [3.63, 3.8) is 0 Å². The third kappa shape index (κ3) is 21.5. The van der Waals surface area contributed by atoms with Crippen LogP contribution in [0, 0.1) is 0 Å². The van der Waals surface area contributed by atoms with Crippen molar-refractivity contribution in [1.82, 2.24) is 35.2 Å². The van der Waals surface area contributed by atoms with E-state index >= 15 is 0 Å². The maximum atomic E-state index is 11.6. The Labute approximate surface area is 336 Å². The van der Waals surface area contributed by atoms with Gasteiger partial charge in [0.2, 0.25) is 0 Å².